The topological polar surface area (TPSA) is 71.2 Å². The summed E-state index contributed by atoms with van der Waals surface area (Å²) in [5.41, 5.74) is 9.24. The molecule has 5 nitrogen and oxygen atoms in total. The first-order valence-electron chi connectivity index (χ1n) is 6.82. The van der Waals surface area contributed by atoms with Crippen LogP contribution in [0.1, 0.15) is 15.9 Å². The lowest BCUT2D eigenvalue weighted by molar-refractivity contribution is 0.0827. The summed E-state index contributed by atoms with van der Waals surface area (Å²) in [7, 11) is 3.44. The van der Waals surface area contributed by atoms with Crippen LogP contribution in [0.25, 0.3) is 0 Å². The third kappa shape index (κ3) is 3.95. The standard InChI is InChI=1S/C16H20N4O/c1-20(2)16(21)13-3-4-15(14(17)11-13)19-10-7-12-5-8-18-9-6-12/h3-6,8-9,11,19H,7,10,17H2,1-2H3. The van der Waals surface area contributed by atoms with Crippen molar-refractivity contribution in [3.05, 3.63) is 53.9 Å². The Balaban J connectivity index is 1.97. The fraction of sp³-hybridized carbons (Fsp3) is 0.250. The number of nitrogen functional groups attached to an aromatic ring is 1. The van der Waals surface area contributed by atoms with E-state index in [1.54, 1.807) is 38.6 Å². The number of aromatic nitrogens is 1. The maximum absolute atomic E-state index is 11.9. The van der Waals surface area contributed by atoms with Crippen LogP contribution in [0.3, 0.4) is 0 Å². The number of nitrogens with two attached hydrogens (primary N) is 1. The normalized spacial score (nSPS) is 10.2. The summed E-state index contributed by atoms with van der Waals surface area (Å²) in [6.07, 6.45) is 4.46. The first kappa shape index (κ1) is 14.8. The Hall–Kier alpha value is -2.56. The maximum Gasteiger partial charge on any atom is 0.253 e. The van der Waals surface area contributed by atoms with Crippen LogP contribution in [0.4, 0.5) is 11.4 Å². The number of carbonyl (C=O) groups is 1. The van der Waals surface area contributed by atoms with Crippen LogP contribution in [-0.2, 0) is 6.42 Å². The number of amides is 1. The van der Waals surface area contributed by atoms with E-state index in [1.807, 2.05) is 18.2 Å². The smallest absolute Gasteiger partial charge is 0.253 e. The van der Waals surface area contributed by atoms with Gasteiger partial charge in [-0.3, -0.25) is 9.78 Å². The summed E-state index contributed by atoms with van der Waals surface area (Å²) in [6.45, 7) is 0.773. The van der Waals surface area contributed by atoms with Crippen LogP contribution in [0, 0.1) is 0 Å². The van der Waals surface area contributed by atoms with E-state index in [2.05, 4.69) is 10.3 Å². The van der Waals surface area contributed by atoms with Gasteiger partial charge in [0.2, 0.25) is 0 Å². The van der Waals surface area contributed by atoms with Crippen molar-refractivity contribution in [3.8, 4) is 0 Å². The second kappa shape index (κ2) is 6.74. The van der Waals surface area contributed by atoms with Gasteiger partial charge in [0, 0.05) is 38.6 Å². The predicted octanol–water partition coefficient (Wildman–Crippen LogP) is 2.02. The highest BCUT2D eigenvalue weighted by Gasteiger charge is 2.09. The van der Waals surface area contributed by atoms with Gasteiger partial charge in [-0.25, -0.2) is 0 Å². The van der Waals surface area contributed by atoms with Crippen molar-refractivity contribution < 1.29 is 4.79 Å². The fourth-order valence-electron chi connectivity index (χ4n) is 2.01. The molecular weight excluding hydrogens is 264 g/mol. The molecule has 1 aromatic heterocycles. The molecule has 0 saturated heterocycles. The molecule has 1 amide bonds. The van der Waals surface area contributed by atoms with Crippen LogP contribution in [-0.4, -0.2) is 36.4 Å². The van der Waals surface area contributed by atoms with Crippen molar-refractivity contribution in [1.82, 2.24) is 9.88 Å². The Morgan fingerprint density at radius 2 is 1.95 bits per heavy atom. The number of pyridine rings is 1. The predicted molar refractivity (Wildman–Crippen MR) is 85.3 cm³/mol. The molecule has 0 unspecified atom stereocenters. The Labute approximate surface area is 124 Å². The molecule has 0 aliphatic carbocycles. The molecular formula is C16H20N4O. The number of hydrogen-bond donors (Lipinski definition) is 2. The van der Waals surface area contributed by atoms with Crippen molar-refractivity contribution in [3.63, 3.8) is 0 Å². The Morgan fingerprint density at radius 1 is 1.24 bits per heavy atom. The van der Waals surface area contributed by atoms with E-state index >= 15 is 0 Å². The van der Waals surface area contributed by atoms with Crippen LogP contribution in [0.15, 0.2) is 42.7 Å². The first-order chi connectivity index (χ1) is 10.1. The second-order valence-corrected chi connectivity index (χ2v) is 5.03. The quantitative estimate of drug-likeness (QED) is 0.824. The van der Waals surface area contributed by atoms with Gasteiger partial charge in [0.1, 0.15) is 0 Å². The third-order valence-electron chi connectivity index (χ3n) is 3.18. The molecule has 1 aromatic carbocycles. The molecule has 110 valence electrons. The van der Waals surface area contributed by atoms with E-state index in [4.69, 9.17) is 5.73 Å². The van der Waals surface area contributed by atoms with E-state index < -0.39 is 0 Å². The van der Waals surface area contributed by atoms with Crippen molar-refractivity contribution >= 4 is 17.3 Å². The van der Waals surface area contributed by atoms with Crippen LogP contribution >= 0.6 is 0 Å². The highest BCUT2D eigenvalue weighted by atomic mass is 16.2. The number of carbonyl (C=O) groups excluding carboxylic acids is 1. The lowest BCUT2D eigenvalue weighted by atomic mass is 10.1. The second-order valence-electron chi connectivity index (χ2n) is 5.03. The minimum Gasteiger partial charge on any atom is -0.397 e. The summed E-state index contributed by atoms with van der Waals surface area (Å²) >= 11 is 0. The zero-order valence-electron chi connectivity index (χ0n) is 12.3. The first-order valence-corrected chi connectivity index (χ1v) is 6.82. The van der Waals surface area contributed by atoms with Crippen LogP contribution in [0.2, 0.25) is 0 Å². The van der Waals surface area contributed by atoms with Gasteiger partial charge in [0.05, 0.1) is 11.4 Å². The van der Waals surface area contributed by atoms with Gasteiger partial charge in [-0.1, -0.05) is 0 Å². The zero-order valence-corrected chi connectivity index (χ0v) is 12.3. The molecule has 5 heteroatoms. The Bertz CT molecular complexity index is 611. The number of rotatable bonds is 5. The number of nitrogens with zero attached hydrogens (tertiary/aromatic N) is 2. The maximum atomic E-state index is 11.9. The van der Waals surface area contributed by atoms with Crippen molar-refractivity contribution in [2.24, 2.45) is 0 Å². The summed E-state index contributed by atoms with van der Waals surface area (Å²) in [5, 5.41) is 3.29. The summed E-state index contributed by atoms with van der Waals surface area (Å²) in [4.78, 5) is 17.4. The molecule has 0 fully saturated rings. The Kier molecular flexibility index (Phi) is 4.77. The number of benzene rings is 1. The highest BCUT2D eigenvalue weighted by molar-refractivity contribution is 5.95. The molecule has 1 heterocycles. The van der Waals surface area contributed by atoms with Gasteiger partial charge in [-0.05, 0) is 42.3 Å². The summed E-state index contributed by atoms with van der Waals surface area (Å²) in [5.74, 6) is -0.0509. The molecule has 2 aromatic rings. The van der Waals surface area contributed by atoms with E-state index in [-0.39, 0.29) is 5.91 Å². The molecule has 0 bridgehead atoms. The molecule has 0 saturated carbocycles. The fourth-order valence-corrected chi connectivity index (χ4v) is 2.01. The number of anilines is 2. The third-order valence-corrected chi connectivity index (χ3v) is 3.18. The average molecular weight is 284 g/mol. The molecule has 0 aliphatic heterocycles. The lowest BCUT2D eigenvalue weighted by Crippen LogP contribution is -2.21. The van der Waals surface area contributed by atoms with Gasteiger partial charge in [0.25, 0.3) is 5.91 Å². The number of nitrogens with one attached hydrogen (secondary N) is 1. The van der Waals surface area contributed by atoms with Gasteiger partial charge in [-0.2, -0.15) is 0 Å². The molecule has 0 radical (unpaired) electrons. The molecule has 0 aliphatic rings. The largest absolute Gasteiger partial charge is 0.397 e. The highest BCUT2D eigenvalue weighted by Crippen LogP contribution is 2.20. The summed E-state index contributed by atoms with van der Waals surface area (Å²) < 4.78 is 0. The van der Waals surface area contributed by atoms with Gasteiger partial charge in [-0.15, -0.1) is 0 Å². The van der Waals surface area contributed by atoms with E-state index in [0.717, 1.165) is 18.7 Å². The molecule has 0 atom stereocenters. The molecule has 0 spiro atoms. The molecule has 21 heavy (non-hydrogen) atoms. The van der Waals surface area contributed by atoms with Gasteiger partial charge < -0.3 is 16.0 Å². The van der Waals surface area contributed by atoms with Crippen LogP contribution in [0.5, 0.6) is 0 Å². The van der Waals surface area contributed by atoms with Crippen LogP contribution < -0.4 is 11.1 Å². The monoisotopic (exact) mass is 284 g/mol. The molecule has 2 rings (SSSR count). The average Bonchev–Trinajstić information content (AvgIpc) is 2.49. The van der Waals surface area contributed by atoms with Crippen molar-refractivity contribution in [2.45, 2.75) is 6.42 Å². The minimum absolute atomic E-state index is 0.0509. The van der Waals surface area contributed by atoms with Crippen molar-refractivity contribution in [1.29, 1.82) is 0 Å². The van der Waals surface area contributed by atoms with Crippen molar-refractivity contribution in [2.75, 3.05) is 31.7 Å². The van der Waals surface area contributed by atoms with E-state index in [9.17, 15) is 4.79 Å². The number of hydrogen-bond acceptors (Lipinski definition) is 4. The Morgan fingerprint density at radius 3 is 2.57 bits per heavy atom. The van der Waals surface area contributed by atoms with E-state index in [0.29, 0.717) is 11.3 Å². The lowest BCUT2D eigenvalue weighted by Gasteiger charge is -2.13. The summed E-state index contributed by atoms with van der Waals surface area (Å²) in [6, 6.07) is 9.32. The SMILES string of the molecule is CN(C)C(=O)c1ccc(NCCc2ccncc2)c(N)c1. The minimum atomic E-state index is -0.0509. The zero-order chi connectivity index (χ0) is 15.2. The van der Waals surface area contributed by atoms with Gasteiger partial charge >= 0.3 is 0 Å². The molecule has 3 N–H and O–H groups in total. The van der Waals surface area contributed by atoms with Gasteiger partial charge in [0.15, 0.2) is 0 Å². The van der Waals surface area contributed by atoms with E-state index in [1.165, 1.54) is 10.5 Å².